The first-order valence-electron chi connectivity index (χ1n) is 6.55. The Bertz CT molecular complexity index is 322. The third-order valence-electron chi connectivity index (χ3n) is 2.60. The van der Waals surface area contributed by atoms with E-state index in [0.29, 0.717) is 6.04 Å². The van der Waals surface area contributed by atoms with E-state index < -0.39 is 0 Å². The molecule has 0 saturated carbocycles. The molecule has 1 atom stereocenters. The summed E-state index contributed by atoms with van der Waals surface area (Å²) < 4.78 is 2.24. The zero-order valence-corrected chi connectivity index (χ0v) is 12.3. The van der Waals surface area contributed by atoms with E-state index in [-0.39, 0.29) is 0 Å². The van der Waals surface area contributed by atoms with Crippen molar-refractivity contribution < 1.29 is 0 Å². The third-order valence-corrected chi connectivity index (χ3v) is 3.74. The number of nitrogens with one attached hydrogen (secondary N) is 1. The molecule has 1 aromatic rings. The summed E-state index contributed by atoms with van der Waals surface area (Å²) in [6, 6.07) is 0.474. The third kappa shape index (κ3) is 5.02. The lowest BCUT2D eigenvalue weighted by Gasteiger charge is -2.15. The summed E-state index contributed by atoms with van der Waals surface area (Å²) in [5, 5.41) is 3.51. The summed E-state index contributed by atoms with van der Waals surface area (Å²) >= 11 is 1.97. The molecule has 0 aliphatic carbocycles. The molecular formula is C13H25N3S. The van der Waals surface area contributed by atoms with Crippen LogP contribution in [0.1, 0.15) is 39.3 Å². The molecule has 1 rings (SSSR count). The minimum absolute atomic E-state index is 0.474. The number of aryl methyl sites for hydroxylation is 2. The van der Waals surface area contributed by atoms with Gasteiger partial charge in [-0.1, -0.05) is 20.3 Å². The van der Waals surface area contributed by atoms with E-state index in [9.17, 15) is 0 Å². The predicted molar refractivity (Wildman–Crippen MR) is 78.0 cm³/mol. The Balaban J connectivity index is 2.55. The van der Waals surface area contributed by atoms with E-state index in [0.717, 1.165) is 23.9 Å². The van der Waals surface area contributed by atoms with Gasteiger partial charge in [-0.15, -0.1) is 0 Å². The molecule has 17 heavy (non-hydrogen) atoms. The van der Waals surface area contributed by atoms with Crippen molar-refractivity contribution in [3.63, 3.8) is 0 Å². The van der Waals surface area contributed by atoms with Crippen molar-refractivity contribution in [3.8, 4) is 0 Å². The monoisotopic (exact) mass is 255 g/mol. The minimum Gasteiger partial charge on any atom is -0.352 e. The van der Waals surface area contributed by atoms with E-state index in [2.05, 4.69) is 48.8 Å². The Morgan fingerprint density at radius 1 is 1.47 bits per heavy atom. The molecule has 1 unspecified atom stereocenters. The molecule has 98 valence electrons. The SMILES string of the molecule is CCCCn1cc(C)nc1NC(C)CSCC. The van der Waals surface area contributed by atoms with Gasteiger partial charge in [0.2, 0.25) is 5.95 Å². The Labute approximate surface area is 109 Å². The second-order valence-electron chi connectivity index (χ2n) is 4.46. The van der Waals surface area contributed by atoms with Gasteiger partial charge in [0.15, 0.2) is 0 Å². The van der Waals surface area contributed by atoms with Crippen LogP contribution >= 0.6 is 11.8 Å². The van der Waals surface area contributed by atoms with E-state index in [1.54, 1.807) is 0 Å². The van der Waals surface area contributed by atoms with E-state index >= 15 is 0 Å². The highest BCUT2D eigenvalue weighted by Crippen LogP contribution is 2.13. The average molecular weight is 255 g/mol. The smallest absolute Gasteiger partial charge is 0.203 e. The summed E-state index contributed by atoms with van der Waals surface area (Å²) in [6.07, 6.45) is 4.57. The maximum absolute atomic E-state index is 4.55. The van der Waals surface area contributed by atoms with Crippen molar-refractivity contribution in [1.82, 2.24) is 9.55 Å². The summed E-state index contributed by atoms with van der Waals surface area (Å²) in [7, 11) is 0. The van der Waals surface area contributed by atoms with Crippen LogP contribution in [0.25, 0.3) is 0 Å². The fourth-order valence-electron chi connectivity index (χ4n) is 1.72. The molecule has 0 radical (unpaired) electrons. The fraction of sp³-hybridized carbons (Fsp3) is 0.769. The van der Waals surface area contributed by atoms with Crippen LogP contribution < -0.4 is 5.32 Å². The van der Waals surface area contributed by atoms with Crippen molar-refractivity contribution >= 4 is 17.7 Å². The van der Waals surface area contributed by atoms with Gasteiger partial charge in [0.05, 0.1) is 5.69 Å². The highest BCUT2D eigenvalue weighted by molar-refractivity contribution is 7.99. The zero-order chi connectivity index (χ0) is 12.7. The number of unbranched alkanes of at least 4 members (excludes halogenated alkanes) is 1. The molecule has 3 nitrogen and oxygen atoms in total. The van der Waals surface area contributed by atoms with Crippen molar-refractivity contribution in [2.45, 2.75) is 53.1 Å². The Kier molecular flexibility index (Phi) is 6.48. The normalized spacial score (nSPS) is 12.7. The van der Waals surface area contributed by atoms with Crippen LogP contribution in [0.15, 0.2) is 6.20 Å². The first-order valence-corrected chi connectivity index (χ1v) is 7.70. The van der Waals surface area contributed by atoms with Crippen LogP contribution in [0.2, 0.25) is 0 Å². The first kappa shape index (κ1) is 14.4. The van der Waals surface area contributed by atoms with Gasteiger partial charge in [0.1, 0.15) is 0 Å². The maximum atomic E-state index is 4.55. The molecule has 0 amide bonds. The number of anilines is 1. The minimum atomic E-state index is 0.474. The predicted octanol–water partition coefficient (Wildman–Crippen LogP) is 3.55. The van der Waals surface area contributed by atoms with Gasteiger partial charge in [-0.2, -0.15) is 11.8 Å². The number of hydrogen-bond donors (Lipinski definition) is 1. The molecule has 0 aliphatic rings. The maximum Gasteiger partial charge on any atom is 0.203 e. The molecule has 1 heterocycles. The molecule has 0 fully saturated rings. The zero-order valence-electron chi connectivity index (χ0n) is 11.5. The van der Waals surface area contributed by atoms with Crippen molar-refractivity contribution in [2.75, 3.05) is 16.8 Å². The molecule has 0 aromatic carbocycles. The van der Waals surface area contributed by atoms with Crippen LogP contribution in [0.5, 0.6) is 0 Å². The highest BCUT2D eigenvalue weighted by atomic mass is 32.2. The second-order valence-corrected chi connectivity index (χ2v) is 5.78. The van der Waals surface area contributed by atoms with Gasteiger partial charge in [0, 0.05) is 24.5 Å². The lowest BCUT2D eigenvalue weighted by molar-refractivity contribution is 0.631. The standard InChI is InChI=1S/C13H25N3S/c1-5-7-8-16-9-11(3)14-13(16)15-12(4)10-17-6-2/h9,12H,5-8,10H2,1-4H3,(H,14,15). The summed E-state index contributed by atoms with van der Waals surface area (Å²) in [4.78, 5) is 4.55. The molecular weight excluding hydrogens is 230 g/mol. The number of aromatic nitrogens is 2. The Hall–Kier alpha value is -0.640. The Morgan fingerprint density at radius 2 is 2.24 bits per heavy atom. The van der Waals surface area contributed by atoms with Gasteiger partial charge < -0.3 is 9.88 Å². The summed E-state index contributed by atoms with van der Waals surface area (Å²) in [6.45, 7) is 9.75. The lowest BCUT2D eigenvalue weighted by atomic mass is 10.3. The number of rotatable bonds is 8. The van der Waals surface area contributed by atoms with Crippen LogP contribution in [0.4, 0.5) is 5.95 Å². The lowest BCUT2D eigenvalue weighted by Crippen LogP contribution is -2.21. The van der Waals surface area contributed by atoms with Crippen LogP contribution in [-0.4, -0.2) is 27.1 Å². The van der Waals surface area contributed by atoms with Gasteiger partial charge >= 0.3 is 0 Å². The molecule has 4 heteroatoms. The van der Waals surface area contributed by atoms with E-state index in [4.69, 9.17) is 0 Å². The van der Waals surface area contributed by atoms with Gasteiger partial charge in [0.25, 0.3) is 0 Å². The van der Waals surface area contributed by atoms with Crippen molar-refractivity contribution in [2.24, 2.45) is 0 Å². The topological polar surface area (TPSA) is 29.9 Å². The van der Waals surface area contributed by atoms with Gasteiger partial charge in [-0.3, -0.25) is 0 Å². The summed E-state index contributed by atoms with van der Waals surface area (Å²) in [5.41, 5.74) is 1.10. The van der Waals surface area contributed by atoms with E-state index in [1.807, 2.05) is 11.8 Å². The van der Waals surface area contributed by atoms with Crippen LogP contribution in [0.3, 0.4) is 0 Å². The number of imidazole rings is 1. The molecule has 1 aromatic heterocycles. The van der Waals surface area contributed by atoms with Crippen LogP contribution in [-0.2, 0) is 6.54 Å². The average Bonchev–Trinajstić information content (AvgIpc) is 2.64. The molecule has 0 aliphatic heterocycles. The largest absolute Gasteiger partial charge is 0.352 e. The van der Waals surface area contributed by atoms with Gasteiger partial charge in [-0.25, -0.2) is 4.98 Å². The molecule has 0 spiro atoms. The molecule has 0 bridgehead atoms. The Morgan fingerprint density at radius 3 is 2.88 bits per heavy atom. The van der Waals surface area contributed by atoms with Crippen molar-refractivity contribution in [1.29, 1.82) is 0 Å². The second kappa shape index (κ2) is 7.64. The highest BCUT2D eigenvalue weighted by Gasteiger charge is 2.08. The van der Waals surface area contributed by atoms with Gasteiger partial charge in [-0.05, 0) is 26.0 Å². The summed E-state index contributed by atoms with van der Waals surface area (Å²) in [5.74, 6) is 3.34. The quantitative estimate of drug-likeness (QED) is 0.770. The number of hydrogen-bond acceptors (Lipinski definition) is 3. The van der Waals surface area contributed by atoms with E-state index in [1.165, 1.54) is 18.6 Å². The van der Waals surface area contributed by atoms with Crippen molar-refractivity contribution in [3.05, 3.63) is 11.9 Å². The van der Waals surface area contributed by atoms with Crippen LogP contribution in [0, 0.1) is 6.92 Å². The number of thioether (sulfide) groups is 1. The first-order chi connectivity index (χ1) is 8.17. The number of nitrogens with zero attached hydrogens (tertiary/aromatic N) is 2. The fourth-order valence-corrected chi connectivity index (χ4v) is 2.39. The molecule has 0 saturated heterocycles. The molecule has 1 N–H and O–H groups in total.